The lowest BCUT2D eigenvalue weighted by Crippen LogP contribution is -2.47. The van der Waals surface area contributed by atoms with Crippen molar-refractivity contribution in [2.45, 2.75) is 0 Å². The summed E-state index contributed by atoms with van der Waals surface area (Å²) in [6.07, 6.45) is 3.33. The highest BCUT2D eigenvalue weighted by Crippen LogP contribution is 2.33. The molecule has 0 unspecified atom stereocenters. The predicted molar refractivity (Wildman–Crippen MR) is 147 cm³/mol. The standard InChI is InChI=1S/C29H27N3O5S/c1-37-24-13-11-23(12-14-24)32-28(33)26-10-6-5-9-25(26)27(29(32)34)21-30-16-18-31(19-17-30)38(35,36)20-15-22-7-3-2-4-8-22/h2-15,20-21H,16-19H2,1H3/b20-15+,27-21+. The van der Waals surface area contributed by atoms with Crippen LogP contribution in [-0.4, -0.2) is 62.7 Å². The molecule has 0 spiro atoms. The molecule has 2 heterocycles. The molecule has 9 heteroatoms. The maximum Gasteiger partial charge on any atom is 0.267 e. The van der Waals surface area contributed by atoms with Gasteiger partial charge in [-0.05, 0) is 42.0 Å². The third kappa shape index (κ3) is 5.11. The zero-order valence-corrected chi connectivity index (χ0v) is 21.7. The molecule has 194 valence electrons. The van der Waals surface area contributed by atoms with Crippen LogP contribution in [0.5, 0.6) is 5.75 Å². The lowest BCUT2D eigenvalue weighted by atomic mass is 9.93. The highest BCUT2D eigenvalue weighted by molar-refractivity contribution is 7.92. The van der Waals surface area contributed by atoms with Crippen LogP contribution in [0.3, 0.4) is 0 Å². The molecule has 5 rings (SSSR count). The maximum absolute atomic E-state index is 13.6. The molecule has 2 aliphatic rings. The number of carbonyl (C=O) groups excluding carboxylic acids is 2. The summed E-state index contributed by atoms with van der Waals surface area (Å²) >= 11 is 0. The molecule has 2 amide bonds. The highest BCUT2D eigenvalue weighted by Gasteiger charge is 2.36. The van der Waals surface area contributed by atoms with Gasteiger partial charge in [-0.1, -0.05) is 48.5 Å². The van der Waals surface area contributed by atoms with E-state index in [4.69, 9.17) is 4.74 Å². The fraction of sp³-hybridized carbons (Fsp3) is 0.172. The van der Waals surface area contributed by atoms with Crippen molar-refractivity contribution >= 4 is 39.2 Å². The molecule has 0 N–H and O–H groups in total. The Kier molecular flexibility index (Phi) is 7.13. The number of imide groups is 1. The van der Waals surface area contributed by atoms with Crippen molar-refractivity contribution in [2.24, 2.45) is 0 Å². The van der Waals surface area contributed by atoms with E-state index < -0.39 is 21.8 Å². The number of piperazine rings is 1. The van der Waals surface area contributed by atoms with E-state index in [1.54, 1.807) is 67.9 Å². The minimum atomic E-state index is -3.58. The average Bonchev–Trinajstić information content (AvgIpc) is 2.95. The Morgan fingerprint density at radius 3 is 2.05 bits per heavy atom. The van der Waals surface area contributed by atoms with Crippen molar-refractivity contribution in [1.82, 2.24) is 9.21 Å². The second-order valence-corrected chi connectivity index (χ2v) is 10.7. The Morgan fingerprint density at radius 2 is 1.39 bits per heavy atom. The number of nitrogens with zero attached hydrogens (tertiary/aromatic N) is 3. The van der Waals surface area contributed by atoms with Gasteiger partial charge in [0.25, 0.3) is 11.8 Å². The van der Waals surface area contributed by atoms with Gasteiger partial charge in [-0.25, -0.2) is 13.3 Å². The molecule has 38 heavy (non-hydrogen) atoms. The van der Waals surface area contributed by atoms with Gasteiger partial charge in [0.05, 0.1) is 18.4 Å². The molecule has 0 aliphatic carbocycles. The number of hydrogen-bond acceptors (Lipinski definition) is 6. The molecule has 2 aliphatic heterocycles. The summed E-state index contributed by atoms with van der Waals surface area (Å²) in [5, 5.41) is 1.23. The first-order valence-corrected chi connectivity index (χ1v) is 13.7. The Morgan fingerprint density at radius 1 is 0.763 bits per heavy atom. The van der Waals surface area contributed by atoms with Gasteiger partial charge in [0.1, 0.15) is 5.75 Å². The first-order valence-electron chi connectivity index (χ1n) is 12.2. The van der Waals surface area contributed by atoms with Crippen LogP contribution in [0.1, 0.15) is 21.5 Å². The van der Waals surface area contributed by atoms with Gasteiger partial charge < -0.3 is 9.64 Å². The summed E-state index contributed by atoms with van der Waals surface area (Å²) in [7, 11) is -2.03. The largest absolute Gasteiger partial charge is 0.497 e. The van der Waals surface area contributed by atoms with Crippen molar-refractivity contribution in [1.29, 1.82) is 0 Å². The van der Waals surface area contributed by atoms with Crippen molar-refractivity contribution in [3.8, 4) is 5.75 Å². The summed E-state index contributed by atoms with van der Waals surface area (Å²) in [5.74, 6) is -0.206. The van der Waals surface area contributed by atoms with Crippen LogP contribution < -0.4 is 9.64 Å². The fourth-order valence-electron chi connectivity index (χ4n) is 4.53. The highest BCUT2D eigenvalue weighted by atomic mass is 32.2. The van der Waals surface area contributed by atoms with Crippen molar-refractivity contribution in [3.05, 3.63) is 107 Å². The minimum absolute atomic E-state index is 0.280. The second kappa shape index (κ2) is 10.6. The maximum atomic E-state index is 13.6. The number of hydrogen-bond donors (Lipinski definition) is 0. The molecule has 3 aromatic carbocycles. The number of benzene rings is 3. The van der Waals surface area contributed by atoms with Crippen LogP contribution >= 0.6 is 0 Å². The number of anilines is 1. The molecule has 0 aromatic heterocycles. The zero-order chi connectivity index (χ0) is 26.7. The van der Waals surface area contributed by atoms with Crippen LogP contribution in [0.25, 0.3) is 11.6 Å². The summed E-state index contributed by atoms with van der Waals surface area (Å²) in [6.45, 7) is 1.38. The van der Waals surface area contributed by atoms with E-state index in [1.165, 1.54) is 14.6 Å². The number of carbonyl (C=O) groups is 2. The number of fused-ring (bicyclic) bond motifs is 1. The molecule has 0 bridgehead atoms. The van der Waals surface area contributed by atoms with Gasteiger partial charge in [-0.15, -0.1) is 0 Å². The second-order valence-electron chi connectivity index (χ2n) is 8.93. The minimum Gasteiger partial charge on any atom is -0.497 e. The van der Waals surface area contributed by atoms with Crippen LogP contribution in [0.4, 0.5) is 5.69 Å². The third-order valence-corrected chi connectivity index (χ3v) is 8.16. The Hall–Kier alpha value is -4.21. The van der Waals surface area contributed by atoms with Crippen LogP contribution in [0.2, 0.25) is 0 Å². The van der Waals surface area contributed by atoms with E-state index in [2.05, 4.69) is 0 Å². The van der Waals surface area contributed by atoms with E-state index in [0.29, 0.717) is 41.2 Å². The Labute approximate surface area is 222 Å². The van der Waals surface area contributed by atoms with E-state index in [-0.39, 0.29) is 13.1 Å². The number of ether oxygens (including phenoxy) is 1. The predicted octanol–water partition coefficient (Wildman–Crippen LogP) is 3.84. The first-order chi connectivity index (χ1) is 18.4. The van der Waals surface area contributed by atoms with Crippen molar-refractivity contribution < 1.29 is 22.7 Å². The molecule has 1 saturated heterocycles. The van der Waals surface area contributed by atoms with Crippen molar-refractivity contribution in [2.75, 3.05) is 38.2 Å². The molecule has 8 nitrogen and oxygen atoms in total. The third-order valence-electron chi connectivity index (χ3n) is 6.59. The summed E-state index contributed by atoms with van der Waals surface area (Å²) in [4.78, 5) is 30.0. The number of rotatable bonds is 6. The van der Waals surface area contributed by atoms with Crippen LogP contribution in [0.15, 0.2) is 90.5 Å². The smallest absolute Gasteiger partial charge is 0.267 e. The molecule has 0 atom stereocenters. The number of methoxy groups -OCH3 is 1. The normalized spacial score (nSPS) is 17.8. The quantitative estimate of drug-likeness (QED) is 0.356. The monoisotopic (exact) mass is 529 g/mol. The van der Waals surface area contributed by atoms with E-state index in [1.807, 2.05) is 35.2 Å². The summed E-state index contributed by atoms with van der Waals surface area (Å²) in [5.41, 5.74) is 2.64. The topological polar surface area (TPSA) is 87.2 Å². The Bertz CT molecular complexity index is 1510. The van der Waals surface area contributed by atoms with Gasteiger partial charge in [-0.2, -0.15) is 4.31 Å². The molecular formula is C29H27N3O5S. The van der Waals surface area contributed by atoms with Crippen LogP contribution in [0, 0.1) is 0 Å². The lowest BCUT2D eigenvalue weighted by molar-refractivity contribution is -0.112. The van der Waals surface area contributed by atoms with E-state index >= 15 is 0 Å². The Balaban J connectivity index is 1.37. The SMILES string of the molecule is COc1ccc(N2C(=O)/C(=C/N3CCN(S(=O)(=O)/C=C/c4ccccc4)CC3)c3ccccc3C2=O)cc1. The molecular weight excluding hydrogens is 502 g/mol. The van der Waals surface area contributed by atoms with E-state index in [0.717, 1.165) is 5.56 Å². The number of sulfonamides is 1. The molecule has 0 saturated carbocycles. The average molecular weight is 530 g/mol. The summed E-state index contributed by atoms with van der Waals surface area (Å²) < 4.78 is 32.3. The van der Waals surface area contributed by atoms with Gasteiger partial charge in [0, 0.05) is 48.9 Å². The van der Waals surface area contributed by atoms with Gasteiger partial charge >= 0.3 is 0 Å². The van der Waals surface area contributed by atoms with Gasteiger partial charge in [0.2, 0.25) is 10.0 Å². The van der Waals surface area contributed by atoms with E-state index in [9.17, 15) is 18.0 Å². The lowest BCUT2D eigenvalue weighted by Gasteiger charge is -2.34. The molecule has 0 radical (unpaired) electrons. The van der Waals surface area contributed by atoms with Gasteiger partial charge in [0.15, 0.2) is 0 Å². The van der Waals surface area contributed by atoms with Crippen molar-refractivity contribution in [3.63, 3.8) is 0 Å². The van der Waals surface area contributed by atoms with Crippen LogP contribution in [-0.2, 0) is 14.8 Å². The summed E-state index contributed by atoms with van der Waals surface area (Å²) in [6, 6.07) is 23.0. The number of amides is 2. The fourth-order valence-corrected chi connectivity index (χ4v) is 5.70. The molecule has 1 fully saturated rings. The molecule has 3 aromatic rings. The van der Waals surface area contributed by atoms with Gasteiger partial charge in [-0.3, -0.25) is 9.59 Å². The zero-order valence-electron chi connectivity index (χ0n) is 20.9. The first kappa shape index (κ1) is 25.4.